The zero-order chi connectivity index (χ0) is 20.7. The average molecular weight is 395 g/mol. The fraction of sp³-hybridized carbons (Fsp3) is 0.211. The van der Waals surface area contributed by atoms with Crippen molar-refractivity contribution in [2.45, 2.75) is 13.5 Å². The Morgan fingerprint density at radius 1 is 1.17 bits per heavy atom. The number of rotatable bonds is 5. The fourth-order valence-corrected chi connectivity index (χ4v) is 3.18. The summed E-state index contributed by atoms with van der Waals surface area (Å²) >= 11 is 0. The molecule has 4 aromatic rings. The van der Waals surface area contributed by atoms with Crippen molar-refractivity contribution in [1.82, 2.24) is 19.2 Å². The minimum Gasteiger partial charge on any atom is -0.496 e. The number of fused-ring (bicyclic) bond motifs is 3. The first-order chi connectivity index (χ1) is 13.9. The Kier molecular flexibility index (Phi) is 4.38. The van der Waals surface area contributed by atoms with E-state index in [-0.39, 0.29) is 23.6 Å². The van der Waals surface area contributed by atoms with Crippen molar-refractivity contribution >= 4 is 22.4 Å². The molecule has 0 aliphatic heterocycles. The van der Waals surface area contributed by atoms with Crippen molar-refractivity contribution in [3.8, 4) is 11.5 Å². The highest BCUT2D eigenvalue weighted by Gasteiger charge is 2.19. The normalized spacial score (nSPS) is 11.1. The number of nitrogens with zero attached hydrogens (tertiary/aromatic N) is 5. The molecule has 0 radical (unpaired) electrons. The number of aromatic nitrogens is 4. The topological polar surface area (TPSA) is 114 Å². The van der Waals surface area contributed by atoms with Gasteiger partial charge in [0.1, 0.15) is 12.4 Å². The first-order valence-electron chi connectivity index (χ1n) is 8.69. The molecule has 2 aromatic heterocycles. The van der Waals surface area contributed by atoms with Gasteiger partial charge in [-0.2, -0.15) is 0 Å². The molecule has 4 rings (SSSR count). The molecule has 2 aromatic carbocycles. The maximum atomic E-state index is 12.6. The molecule has 0 fully saturated rings. The Morgan fingerprint density at radius 3 is 2.69 bits per heavy atom. The fourth-order valence-electron chi connectivity index (χ4n) is 3.18. The average Bonchev–Trinajstić information content (AvgIpc) is 3.14. The van der Waals surface area contributed by atoms with Crippen LogP contribution in [-0.4, -0.2) is 31.2 Å². The van der Waals surface area contributed by atoms with Gasteiger partial charge < -0.3 is 9.47 Å². The predicted molar refractivity (Wildman–Crippen MR) is 104 cm³/mol. The second-order valence-corrected chi connectivity index (χ2v) is 6.52. The summed E-state index contributed by atoms with van der Waals surface area (Å²) in [7, 11) is 3.05. The van der Waals surface area contributed by atoms with E-state index in [0.29, 0.717) is 28.3 Å². The van der Waals surface area contributed by atoms with E-state index in [0.717, 1.165) is 5.56 Å². The molecule has 0 aliphatic rings. The lowest BCUT2D eigenvalue weighted by Gasteiger charge is -2.10. The van der Waals surface area contributed by atoms with E-state index in [2.05, 4.69) is 10.2 Å². The second kappa shape index (κ2) is 6.89. The highest BCUT2D eigenvalue weighted by atomic mass is 16.6. The molecule has 0 saturated carbocycles. The molecule has 0 atom stereocenters. The minimum atomic E-state index is -0.540. The smallest absolute Gasteiger partial charge is 0.314 e. The van der Waals surface area contributed by atoms with Crippen LogP contribution in [-0.2, 0) is 13.7 Å². The standard InChI is InChI=1S/C19H17N5O5/c1-11-4-6-14-13(8-11)18(25)22(2)19-21-20-17(23(14)19)10-29-16-7-5-12(28-3)9-15(16)24(26)27/h4-9H,10H2,1-3H3. The number of hydrogen-bond acceptors (Lipinski definition) is 7. The maximum absolute atomic E-state index is 12.6. The molecule has 10 heteroatoms. The van der Waals surface area contributed by atoms with E-state index in [1.54, 1.807) is 23.6 Å². The first-order valence-corrected chi connectivity index (χ1v) is 8.69. The van der Waals surface area contributed by atoms with Crippen LogP contribution in [0, 0.1) is 17.0 Å². The summed E-state index contributed by atoms with van der Waals surface area (Å²) in [6, 6.07) is 9.85. The molecule has 0 N–H and O–H groups in total. The maximum Gasteiger partial charge on any atom is 0.314 e. The molecule has 0 spiro atoms. The van der Waals surface area contributed by atoms with E-state index in [1.807, 2.05) is 19.1 Å². The molecule has 29 heavy (non-hydrogen) atoms. The van der Waals surface area contributed by atoms with Crippen molar-refractivity contribution in [1.29, 1.82) is 0 Å². The molecule has 0 unspecified atom stereocenters. The third kappa shape index (κ3) is 3.04. The van der Waals surface area contributed by atoms with Gasteiger partial charge in [-0.25, -0.2) is 0 Å². The Morgan fingerprint density at radius 2 is 1.97 bits per heavy atom. The number of nitro benzene ring substituents is 1. The molecule has 10 nitrogen and oxygen atoms in total. The van der Waals surface area contributed by atoms with Crippen LogP contribution in [0.2, 0.25) is 0 Å². The summed E-state index contributed by atoms with van der Waals surface area (Å²) in [6.07, 6.45) is 0. The van der Waals surface area contributed by atoms with Crippen LogP contribution in [0.5, 0.6) is 11.5 Å². The zero-order valence-corrected chi connectivity index (χ0v) is 15.9. The molecule has 0 saturated heterocycles. The third-order valence-electron chi connectivity index (χ3n) is 4.66. The Hall–Kier alpha value is -3.95. The molecule has 0 bridgehead atoms. The minimum absolute atomic E-state index is 0.0739. The summed E-state index contributed by atoms with van der Waals surface area (Å²) in [6.45, 7) is 1.83. The van der Waals surface area contributed by atoms with Crippen LogP contribution in [0.3, 0.4) is 0 Å². The molecular weight excluding hydrogens is 378 g/mol. The lowest BCUT2D eigenvalue weighted by Crippen LogP contribution is -2.20. The van der Waals surface area contributed by atoms with Gasteiger partial charge in [0.25, 0.3) is 5.56 Å². The summed E-state index contributed by atoms with van der Waals surface area (Å²) in [5.41, 5.74) is 1.20. The van der Waals surface area contributed by atoms with Crippen molar-refractivity contribution in [2.75, 3.05) is 7.11 Å². The lowest BCUT2D eigenvalue weighted by molar-refractivity contribution is -0.386. The van der Waals surface area contributed by atoms with Crippen LogP contribution >= 0.6 is 0 Å². The first kappa shape index (κ1) is 18.4. The quantitative estimate of drug-likeness (QED) is 0.376. The van der Waals surface area contributed by atoms with Gasteiger partial charge in [0.05, 0.1) is 29.0 Å². The Bertz CT molecular complexity index is 1320. The van der Waals surface area contributed by atoms with Crippen molar-refractivity contribution in [3.05, 3.63) is 68.3 Å². The number of nitro groups is 1. The van der Waals surface area contributed by atoms with Gasteiger partial charge in [-0.05, 0) is 31.2 Å². The zero-order valence-electron chi connectivity index (χ0n) is 15.9. The Labute approximate surface area is 164 Å². The van der Waals surface area contributed by atoms with E-state index in [9.17, 15) is 14.9 Å². The van der Waals surface area contributed by atoms with Crippen LogP contribution in [0.4, 0.5) is 5.69 Å². The largest absolute Gasteiger partial charge is 0.496 e. The van der Waals surface area contributed by atoms with Gasteiger partial charge in [-0.15, -0.1) is 10.2 Å². The van der Waals surface area contributed by atoms with Crippen molar-refractivity contribution < 1.29 is 14.4 Å². The van der Waals surface area contributed by atoms with E-state index in [1.165, 1.54) is 23.8 Å². The Balaban J connectivity index is 1.80. The summed E-state index contributed by atoms with van der Waals surface area (Å²) in [4.78, 5) is 23.4. The van der Waals surface area contributed by atoms with Crippen LogP contribution < -0.4 is 15.0 Å². The molecule has 0 amide bonds. The summed E-state index contributed by atoms with van der Waals surface area (Å²) in [5.74, 6) is 1.20. The van der Waals surface area contributed by atoms with Crippen LogP contribution in [0.25, 0.3) is 16.7 Å². The number of benzene rings is 2. The van der Waals surface area contributed by atoms with Gasteiger partial charge in [-0.3, -0.25) is 23.9 Å². The predicted octanol–water partition coefficient (Wildman–Crippen LogP) is 2.39. The van der Waals surface area contributed by atoms with Crippen LogP contribution in [0.1, 0.15) is 11.4 Å². The van der Waals surface area contributed by atoms with Gasteiger partial charge >= 0.3 is 5.69 Å². The number of methoxy groups -OCH3 is 1. The monoisotopic (exact) mass is 395 g/mol. The number of hydrogen-bond donors (Lipinski definition) is 0. The highest BCUT2D eigenvalue weighted by molar-refractivity contribution is 5.81. The highest BCUT2D eigenvalue weighted by Crippen LogP contribution is 2.31. The third-order valence-corrected chi connectivity index (χ3v) is 4.66. The van der Waals surface area contributed by atoms with E-state index < -0.39 is 4.92 Å². The number of ether oxygens (including phenoxy) is 2. The molecule has 0 aliphatic carbocycles. The SMILES string of the molecule is COc1ccc(OCc2nnc3n(C)c(=O)c4cc(C)ccc4n23)c([N+](=O)[O-])c1. The van der Waals surface area contributed by atoms with Gasteiger partial charge in [-0.1, -0.05) is 11.6 Å². The summed E-state index contributed by atoms with van der Waals surface area (Å²) < 4.78 is 13.8. The van der Waals surface area contributed by atoms with Gasteiger partial charge in [0.2, 0.25) is 5.78 Å². The van der Waals surface area contributed by atoms with Crippen LogP contribution in [0.15, 0.2) is 41.2 Å². The van der Waals surface area contributed by atoms with Gasteiger partial charge in [0.15, 0.2) is 11.6 Å². The van der Waals surface area contributed by atoms with E-state index >= 15 is 0 Å². The van der Waals surface area contributed by atoms with Crippen molar-refractivity contribution in [3.63, 3.8) is 0 Å². The molecular formula is C19H17N5O5. The van der Waals surface area contributed by atoms with Gasteiger partial charge in [0, 0.05) is 7.05 Å². The molecule has 2 heterocycles. The summed E-state index contributed by atoms with van der Waals surface area (Å²) in [5, 5.41) is 20.1. The molecule has 148 valence electrons. The lowest BCUT2D eigenvalue weighted by atomic mass is 10.1. The van der Waals surface area contributed by atoms with E-state index in [4.69, 9.17) is 9.47 Å². The second-order valence-electron chi connectivity index (χ2n) is 6.52. The van der Waals surface area contributed by atoms with Crippen molar-refractivity contribution in [2.24, 2.45) is 7.05 Å². The number of aryl methyl sites for hydroxylation is 2.